The van der Waals surface area contributed by atoms with Crippen molar-refractivity contribution in [1.29, 1.82) is 0 Å². The van der Waals surface area contributed by atoms with Crippen LogP contribution in [-0.4, -0.2) is 30.2 Å². The van der Waals surface area contributed by atoms with Crippen molar-refractivity contribution in [2.45, 2.75) is 13.3 Å². The summed E-state index contributed by atoms with van der Waals surface area (Å²) < 4.78 is 3.64. The Morgan fingerprint density at radius 3 is 2.73 bits per heavy atom. The lowest BCUT2D eigenvalue weighted by Gasteiger charge is -1.93. The smallest absolute Gasteiger partial charge is 0.357 e. The van der Waals surface area contributed by atoms with Gasteiger partial charge in [0, 0.05) is 13.5 Å². The van der Waals surface area contributed by atoms with Crippen LogP contribution in [0.15, 0.2) is 4.60 Å². The van der Waals surface area contributed by atoms with Gasteiger partial charge < -0.3 is 5.11 Å². The molecule has 2 rings (SSSR count). The summed E-state index contributed by atoms with van der Waals surface area (Å²) in [6.07, 6.45) is 0.773. The molecule has 2 aromatic heterocycles. The maximum absolute atomic E-state index is 10.8. The fourth-order valence-electron chi connectivity index (χ4n) is 1.43. The summed E-state index contributed by atoms with van der Waals surface area (Å²) in [4.78, 5) is 14.8. The topological polar surface area (TPSA) is 72.4 Å². The first-order valence-electron chi connectivity index (χ1n) is 4.39. The van der Waals surface area contributed by atoms with Crippen molar-refractivity contribution in [3.8, 4) is 0 Å². The van der Waals surface area contributed by atoms with Crippen molar-refractivity contribution in [3.05, 3.63) is 16.1 Å². The number of fused-ring (bicyclic) bond motifs is 1. The van der Waals surface area contributed by atoms with E-state index in [1.807, 2.05) is 14.0 Å². The van der Waals surface area contributed by atoms with Gasteiger partial charge in [-0.2, -0.15) is 9.61 Å². The highest BCUT2D eigenvalue weighted by atomic mass is 79.9. The van der Waals surface area contributed by atoms with Crippen LogP contribution in [0.25, 0.3) is 5.78 Å². The fourth-order valence-corrected chi connectivity index (χ4v) is 1.93. The van der Waals surface area contributed by atoms with Crippen LogP contribution in [0, 0.1) is 0 Å². The minimum atomic E-state index is -1.06. The van der Waals surface area contributed by atoms with Crippen molar-refractivity contribution in [3.63, 3.8) is 0 Å². The Kier molecular flexibility index (Phi) is 2.26. The van der Waals surface area contributed by atoms with Gasteiger partial charge >= 0.3 is 5.97 Å². The standard InChI is InChI=1S/C8H9BrN4O2/c1-3-4-11-13-6(9)5(7(14)15)10-8(13)12(4)2/h3H2,1-2H3,(H,14,15). The Morgan fingerprint density at radius 2 is 2.27 bits per heavy atom. The largest absolute Gasteiger partial charge is 0.476 e. The second-order valence-electron chi connectivity index (χ2n) is 3.10. The van der Waals surface area contributed by atoms with Crippen LogP contribution in [0.1, 0.15) is 23.2 Å². The van der Waals surface area contributed by atoms with Crippen molar-refractivity contribution < 1.29 is 9.90 Å². The predicted octanol–water partition coefficient (Wildman–Crippen LogP) is 1.09. The molecule has 7 heteroatoms. The van der Waals surface area contributed by atoms with E-state index in [1.165, 1.54) is 4.52 Å². The molecule has 0 aliphatic carbocycles. The molecule has 2 heterocycles. The second kappa shape index (κ2) is 3.34. The average molecular weight is 273 g/mol. The van der Waals surface area contributed by atoms with E-state index in [4.69, 9.17) is 5.11 Å². The molecule has 0 bridgehead atoms. The van der Waals surface area contributed by atoms with E-state index in [0.717, 1.165) is 12.2 Å². The van der Waals surface area contributed by atoms with Gasteiger partial charge in [0.1, 0.15) is 10.4 Å². The number of carboxylic acids is 1. The maximum atomic E-state index is 10.8. The Balaban J connectivity index is 2.76. The summed E-state index contributed by atoms with van der Waals surface area (Å²) in [5.74, 6) is 0.316. The van der Waals surface area contributed by atoms with Gasteiger partial charge in [-0.25, -0.2) is 9.78 Å². The molecular formula is C8H9BrN4O2. The van der Waals surface area contributed by atoms with Crippen LogP contribution >= 0.6 is 15.9 Å². The lowest BCUT2D eigenvalue weighted by atomic mass is 10.4. The van der Waals surface area contributed by atoms with E-state index in [-0.39, 0.29) is 5.69 Å². The van der Waals surface area contributed by atoms with Gasteiger partial charge in [0.25, 0.3) is 0 Å². The summed E-state index contributed by atoms with van der Waals surface area (Å²) in [5.41, 5.74) is -0.0178. The molecule has 0 amide bonds. The van der Waals surface area contributed by atoms with E-state index >= 15 is 0 Å². The molecule has 2 aromatic rings. The maximum Gasteiger partial charge on any atom is 0.357 e. The monoisotopic (exact) mass is 272 g/mol. The number of imidazole rings is 1. The Labute approximate surface area is 93.7 Å². The number of aromatic carboxylic acids is 1. The first-order valence-corrected chi connectivity index (χ1v) is 5.18. The van der Waals surface area contributed by atoms with Crippen molar-refractivity contribution in [2.24, 2.45) is 7.05 Å². The fraction of sp³-hybridized carbons (Fsp3) is 0.375. The molecule has 0 saturated carbocycles. The lowest BCUT2D eigenvalue weighted by molar-refractivity contribution is 0.0690. The van der Waals surface area contributed by atoms with Gasteiger partial charge in [-0.05, 0) is 15.9 Å². The average Bonchev–Trinajstić information content (AvgIpc) is 2.66. The molecule has 15 heavy (non-hydrogen) atoms. The van der Waals surface area contributed by atoms with Crippen molar-refractivity contribution in [1.82, 2.24) is 19.2 Å². The number of carboxylic acid groups (broad SMARTS) is 1. The van der Waals surface area contributed by atoms with Crippen LogP contribution in [0.3, 0.4) is 0 Å². The minimum absolute atomic E-state index is 0.0178. The number of carbonyl (C=O) groups is 1. The molecule has 0 spiro atoms. The van der Waals surface area contributed by atoms with Gasteiger partial charge in [0.05, 0.1) is 0 Å². The quantitative estimate of drug-likeness (QED) is 0.889. The third kappa shape index (κ3) is 1.34. The van der Waals surface area contributed by atoms with E-state index in [2.05, 4.69) is 26.0 Å². The number of hydrogen-bond donors (Lipinski definition) is 1. The van der Waals surface area contributed by atoms with E-state index in [0.29, 0.717) is 10.4 Å². The zero-order valence-electron chi connectivity index (χ0n) is 8.23. The van der Waals surface area contributed by atoms with E-state index < -0.39 is 5.97 Å². The van der Waals surface area contributed by atoms with Crippen LogP contribution in [0.5, 0.6) is 0 Å². The summed E-state index contributed by atoms with van der Waals surface area (Å²) in [6, 6.07) is 0. The van der Waals surface area contributed by atoms with Gasteiger partial charge in [-0.15, -0.1) is 0 Å². The Bertz CT molecular complexity index is 542. The summed E-state index contributed by atoms with van der Waals surface area (Å²) in [5, 5.41) is 13.1. The van der Waals surface area contributed by atoms with Gasteiger partial charge in [-0.1, -0.05) is 6.92 Å². The molecule has 6 nitrogen and oxygen atoms in total. The number of hydrogen-bond acceptors (Lipinski definition) is 3. The minimum Gasteiger partial charge on any atom is -0.476 e. The van der Waals surface area contributed by atoms with Crippen molar-refractivity contribution in [2.75, 3.05) is 0 Å². The van der Waals surface area contributed by atoms with Crippen LogP contribution < -0.4 is 0 Å². The molecule has 0 aliphatic heterocycles. The highest BCUT2D eigenvalue weighted by Gasteiger charge is 2.20. The normalized spacial score (nSPS) is 11.1. The Hall–Kier alpha value is -1.37. The number of rotatable bonds is 2. The third-order valence-electron chi connectivity index (χ3n) is 2.20. The highest BCUT2D eigenvalue weighted by molar-refractivity contribution is 9.10. The summed E-state index contributed by atoms with van der Waals surface area (Å²) in [6.45, 7) is 1.98. The summed E-state index contributed by atoms with van der Waals surface area (Å²) in [7, 11) is 1.81. The number of halogens is 1. The molecule has 0 fully saturated rings. The molecule has 0 radical (unpaired) electrons. The highest BCUT2D eigenvalue weighted by Crippen LogP contribution is 2.19. The van der Waals surface area contributed by atoms with E-state index in [9.17, 15) is 4.79 Å². The van der Waals surface area contributed by atoms with E-state index in [1.54, 1.807) is 4.57 Å². The van der Waals surface area contributed by atoms with Gasteiger partial charge in [0.15, 0.2) is 5.69 Å². The number of aromatic nitrogens is 4. The number of aryl methyl sites for hydroxylation is 2. The zero-order chi connectivity index (χ0) is 11.2. The molecule has 0 aromatic carbocycles. The second-order valence-corrected chi connectivity index (χ2v) is 3.85. The molecule has 0 atom stereocenters. The Morgan fingerprint density at radius 1 is 1.60 bits per heavy atom. The molecule has 0 aliphatic rings. The molecule has 0 unspecified atom stereocenters. The lowest BCUT2D eigenvalue weighted by Crippen LogP contribution is -2.01. The molecule has 1 N–H and O–H groups in total. The first kappa shape index (κ1) is 10.2. The van der Waals surface area contributed by atoms with Gasteiger partial charge in [-0.3, -0.25) is 4.57 Å². The molecule has 0 saturated heterocycles. The van der Waals surface area contributed by atoms with Gasteiger partial charge in [0.2, 0.25) is 5.78 Å². The van der Waals surface area contributed by atoms with Crippen LogP contribution in [-0.2, 0) is 13.5 Å². The van der Waals surface area contributed by atoms with Crippen LogP contribution in [0.2, 0.25) is 0 Å². The molecule has 80 valence electrons. The first-order chi connectivity index (χ1) is 7.06. The number of nitrogens with zero attached hydrogens (tertiary/aromatic N) is 4. The molecular weight excluding hydrogens is 264 g/mol. The summed E-state index contributed by atoms with van der Waals surface area (Å²) >= 11 is 3.17. The zero-order valence-corrected chi connectivity index (χ0v) is 9.82. The van der Waals surface area contributed by atoms with Crippen molar-refractivity contribution >= 4 is 27.7 Å². The van der Waals surface area contributed by atoms with Crippen LogP contribution in [0.4, 0.5) is 0 Å². The third-order valence-corrected chi connectivity index (χ3v) is 2.92. The SMILES string of the molecule is CCc1nn2c(Br)c(C(=O)O)nc2n1C. The predicted molar refractivity (Wildman–Crippen MR) is 56.0 cm³/mol.